The van der Waals surface area contributed by atoms with Crippen LogP contribution in [0.4, 0.5) is 0 Å². The number of likely N-dealkylation sites (tertiary alicyclic amines) is 2. The van der Waals surface area contributed by atoms with Gasteiger partial charge in [0, 0.05) is 49.3 Å². The minimum absolute atomic E-state index is 0.0538. The fourth-order valence-electron chi connectivity index (χ4n) is 7.55. The molecule has 0 spiro atoms. The highest BCUT2D eigenvalue weighted by Crippen LogP contribution is 2.25. The molecule has 306 valence electrons. The van der Waals surface area contributed by atoms with Crippen molar-refractivity contribution < 1.29 is 28.8 Å². The highest BCUT2D eigenvalue weighted by atomic mass is 16.2. The van der Waals surface area contributed by atoms with E-state index in [4.69, 9.17) is 0 Å². The van der Waals surface area contributed by atoms with Crippen molar-refractivity contribution in [2.45, 2.75) is 127 Å². The van der Waals surface area contributed by atoms with Crippen molar-refractivity contribution in [2.24, 2.45) is 0 Å². The standard InChI is InChI=1S/C43H63N7O6/c1-30(44-3)39(52)47-36(42(55)49-27-15-21-34(49)25-26-38(51)32-17-9-7-10-18-32)23-13-5-6-14-24-37(48-40(53)31(2)45-4)43(56)50-28-16-22-35(50)29-46-41(54)33-19-11-8-12-20-33/h7-12,17-20,30-31,34-37,44-45H,5-6,13-16,21-29H2,1-4H3,(H,46,54)(H,47,52)(H,48,53)/t30-,31-,34-,35-,36-,37-/m0/s1. The summed E-state index contributed by atoms with van der Waals surface area (Å²) in [7, 11) is 3.40. The number of amides is 5. The number of nitrogens with zero attached hydrogens (tertiary/aromatic N) is 2. The molecule has 2 aliphatic heterocycles. The third kappa shape index (κ3) is 13.0. The SMILES string of the molecule is CN[C@@H](C)C(=O)N[C@@H](CCCCCC[C@H](NC(=O)[C@H](C)NC)C(=O)N1CCC[C@H]1CNC(=O)c1ccccc1)C(=O)N1CCC[C@H]1CCC(=O)c1ccccc1. The summed E-state index contributed by atoms with van der Waals surface area (Å²) in [6.45, 7) is 5.00. The predicted molar refractivity (Wildman–Crippen MR) is 217 cm³/mol. The first-order valence-corrected chi connectivity index (χ1v) is 20.5. The molecule has 2 aromatic carbocycles. The summed E-state index contributed by atoms with van der Waals surface area (Å²) in [6, 6.07) is 15.6. The Hall–Kier alpha value is -4.62. The molecule has 13 nitrogen and oxygen atoms in total. The van der Waals surface area contributed by atoms with Gasteiger partial charge >= 0.3 is 0 Å². The molecular weight excluding hydrogens is 711 g/mol. The first-order valence-electron chi connectivity index (χ1n) is 20.5. The number of nitrogens with one attached hydrogen (secondary N) is 5. The molecule has 5 amide bonds. The number of ketones is 1. The summed E-state index contributed by atoms with van der Waals surface area (Å²) >= 11 is 0. The number of carbonyl (C=O) groups excluding carboxylic acids is 6. The quantitative estimate of drug-likeness (QED) is 0.0894. The van der Waals surface area contributed by atoms with E-state index >= 15 is 0 Å². The smallest absolute Gasteiger partial charge is 0.251 e. The number of rotatable bonds is 22. The van der Waals surface area contributed by atoms with Crippen molar-refractivity contribution in [1.82, 2.24) is 36.4 Å². The highest BCUT2D eigenvalue weighted by molar-refractivity contribution is 5.96. The molecular formula is C43H63N7O6. The van der Waals surface area contributed by atoms with Crippen LogP contribution in [0.5, 0.6) is 0 Å². The molecule has 2 saturated heterocycles. The monoisotopic (exact) mass is 773 g/mol. The number of benzene rings is 2. The van der Waals surface area contributed by atoms with Crippen LogP contribution in [-0.2, 0) is 19.2 Å². The Labute approximate surface area is 332 Å². The van der Waals surface area contributed by atoms with Crippen LogP contribution in [0.3, 0.4) is 0 Å². The van der Waals surface area contributed by atoms with Crippen molar-refractivity contribution in [1.29, 1.82) is 0 Å². The van der Waals surface area contributed by atoms with Crippen LogP contribution in [0.2, 0.25) is 0 Å². The Morgan fingerprint density at radius 1 is 0.643 bits per heavy atom. The molecule has 56 heavy (non-hydrogen) atoms. The predicted octanol–water partition coefficient (Wildman–Crippen LogP) is 3.59. The number of likely N-dealkylation sites (N-methyl/N-ethyl adjacent to an activating group) is 2. The van der Waals surface area contributed by atoms with E-state index in [1.54, 1.807) is 45.0 Å². The number of hydrogen-bond acceptors (Lipinski definition) is 8. The lowest BCUT2D eigenvalue weighted by Gasteiger charge is -2.30. The van der Waals surface area contributed by atoms with Crippen LogP contribution in [0.25, 0.3) is 0 Å². The van der Waals surface area contributed by atoms with Crippen molar-refractivity contribution in [3.63, 3.8) is 0 Å². The number of Topliss-reactive ketones (excluding diaryl/α,β-unsaturated/α-hetero) is 1. The summed E-state index contributed by atoms with van der Waals surface area (Å²) in [4.78, 5) is 83.1. The largest absolute Gasteiger partial charge is 0.350 e. The highest BCUT2D eigenvalue weighted by Gasteiger charge is 2.36. The van der Waals surface area contributed by atoms with Gasteiger partial charge < -0.3 is 36.4 Å². The second-order valence-corrected chi connectivity index (χ2v) is 15.2. The van der Waals surface area contributed by atoms with Crippen LogP contribution in [0.15, 0.2) is 60.7 Å². The van der Waals surface area contributed by atoms with E-state index in [9.17, 15) is 28.8 Å². The van der Waals surface area contributed by atoms with Gasteiger partial charge in [0.1, 0.15) is 12.1 Å². The second kappa shape index (κ2) is 22.8. The number of hydrogen-bond donors (Lipinski definition) is 5. The molecule has 0 unspecified atom stereocenters. The van der Waals surface area contributed by atoms with E-state index < -0.39 is 24.2 Å². The van der Waals surface area contributed by atoms with E-state index in [0.717, 1.165) is 38.5 Å². The van der Waals surface area contributed by atoms with Crippen LogP contribution in [0.1, 0.15) is 112 Å². The van der Waals surface area contributed by atoms with Gasteiger partial charge in [0.2, 0.25) is 23.6 Å². The Balaban J connectivity index is 1.31. The fraction of sp³-hybridized carbons (Fsp3) is 0.581. The van der Waals surface area contributed by atoms with Gasteiger partial charge in [-0.3, -0.25) is 28.8 Å². The Morgan fingerprint density at radius 3 is 1.61 bits per heavy atom. The van der Waals surface area contributed by atoms with Gasteiger partial charge in [0.05, 0.1) is 12.1 Å². The van der Waals surface area contributed by atoms with Crippen LogP contribution in [0, 0.1) is 0 Å². The van der Waals surface area contributed by atoms with E-state index in [2.05, 4.69) is 26.6 Å². The molecule has 2 heterocycles. The maximum absolute atomic E-state index is 14.0. The molecule has 0 radical (unpaired) electrons. The van der Waals surface area contributed by atoms with Crippen molar-refractivity contribution >= 4 is 35.3 Å². The zero-order valence-electron chi connectivity index (χ0n) is 33.7. The summed E-state index contributed by atoms with van der Waals surface area (Å²) in [5.41, 5.74) is 1.23. The van der Waals surface area contributed by atoms with Crippen LogP contribution < -0.4 is 26.6 Å². The fourth-order valence-corrected chi connectivity index (χ4v) is 7.55. The minimum atomic E-state index is -0.707. The molecule has 0 saturated carbocycles. The lowest BCUT2D eigenvalue weighted by atomic mass is 10.00. The average Bonchev–Trinajstić information content (AvgIpc) is 3.91. The van der Waals surface area contributed by atoms with Gasteiger partial charge in [-0.25, -0.2) is 0 Å². The summed E-state index contributed by atoms with van der Waals surface area (Å²) in [5.74, 6) is -0.872. The zero-order chi connectivity index (χ0) is 40.5. The maximum Gasteiger partial charge on any atom is 0.251 e. The summed E-state index contributed by atoms with van der Waals surface area (Å²) in [6.07, 6.45) is 8.03. The van der Waals surface area contributed by atoms with Gasteiger partial charge in [0.15, 0.2) is 5.78 Å². The van der Waals surface area contributed by atoms with Crippen LogP contribution in [-0.4, -0.2) is 115 Å². The Kier molecular flexibility index (Phi) is 18.0. The molecule has 0 aliphatic carbocycles. The first kappa shape index (κ1) is 44.1. The van der Waals surface area contributed by atoms with E-state index in [1.165, 1.54) is 0 Å². The van der Waals surface area contributed by atoms with Gasteiger partial charge in [-0.2, -0.15) is 0 Å². The first-order chi connectivity index (χ1) is 27.0. The lowest BCUT2D eigenvalue weighted by molar-refractivity contribution is -0.138. The number of carbonyl (C=O) groups is 6. The van der Waals surface area contributed by atoms with Gasteiger partial charge in [-0.05, 0) is 85.0 Å². The van der Waals surface area contributed by atoms with E-state index in [-0.39, 0.29) is 47.4 Å². The molecule has 0 aromatic heterocycles. The Bertz CT molecular complexity index is 1470. The summed E-state index contributed by atoms with van der Waals surface area (Å²) in [5, 5.41) is 14.8. The zero-order valence-corrected chi connectivity index (χ0v) is 33.7. The molecule has 2 aromatic rings. The topological polar surface area (TPSA) is 169 Å². The van der Waals surface area contributed by atoms with E-state index in [0.29, 0.717) is 69.3 Å². The van der Waals surface area contributed by atoms with Gasteiger partial charge in [-0.1, -0.05) is 74.2 Å². The lowest BCUT2D eigenvalue weighted by Crippen LogP contribution is -2.54. The Morgan fingerprint density at radius 2 is 1.11 bits per heavy atom. The maximum atomic E-state index is 14.0. The van der Waals surface area contributed by atoms with E-state index in [1.807, 2.05) is 53.4 Å². The third-order valence-corrected chi connectivity index (χ3v) is 11.3. The van der Waals surface area contributed by atoms with Crippen molar-refractivity contribution in [3.8, 4) is 0 Å². The van der Waals surface area contributed by atoms with Crippen molar-refractivity contribution in [3.05, 3.63) is 71.8 Å². The normalized spacial score (nSPS) is 18.8. The number of unbranched alkanes of at least 4 members (excludes halogenated alkanes) is 3. The summed E-state index contributed by atoms with van der Waals surface area (Å²) < 4.78 is 0. The third-order valence-electron chi connectivity index (χ3n) is 11.3. The molecule has 2 aliphatic rings. The van der Waals surface area contributed by atoms with Gasteiger partial charge in [-0.15, -0.1) is 0 Å². The second-order valence-electron chi connectivity index (χ2n) is 15.2. The average molecular weight is 774 g/mol. The molecule has 2 fully saturated rings. The molecule has 5 N–H and O–H groups in total. The van der Waals surface area contributed by atoms with Crippen molar-refractivity contribution in [2.75, 3.05) is 33.7 Å². The molecule has 13 heteroatoms. The molecule has 4 rings (SSSR count). The van der Waals surface area contributed by atoms with Gasteiger partial charge in [0.25, 0.3) is 5.91 Å². The minimum Gasteiger partial charge on any atom is -0.350 e. The van der Waals surface area contributed by atoms with Crippen LogP contribution >= 0.6 is 0 Å². The molecule has 6 atom stereocenters. The molecule has 0 bridgehead atoms.